The predicted molar refractivity (Wildman–Crippen MR) is 62.4 cm³/mol. The fraction of sp³-hybridized carbons (Fsp3) is 0.500. The third-order valence-corrected chi connectivity index (χ3v) is 4.12. The van der Waals surface area contributed by atoms with E-state index in [0.29, 0.717) is 5.15 Å². The summed E-state index contributed by atoms with van der Waals surface area (Å²) in [6, 6.07) is 3.88. The van der Waals surface area contributed by atoms with Crippen LogP contribution in [0.1, 0.15) is 5.56 Å². The molecule has 0 aliphatic carbocycles. The number of halogens is 1. The molecule has 2 heterocycles. The maximum absolute atomic E-state index is 11.2. The van der Waals surface area contributed by atoms with Crippen molar-refractivity contribution in [2.45, 2.75) is 6.54 Å². The highest BCUT2D eigenvalue weighted by Crippen LogP contribution is 2.15. The Bertz CT molecular complexity index is 362. The van der Waals surface area contributed by atoms with Gasteiger partial charge in [0.25, 0.3) is 0 Å². The van der Waals surface area contributed by atoms with Gasteiger partial charge in [-0.3, -0.25) is 9.11 Å². The molecular formula is C10H13ClN2OS. The van der Waals surface area contributed by atoms with Crippen LogP contribution in [0.3, 0.4) is 0 Å². The fourth-order valence-corrected chi connectivity index (χ4v) is 2.92. The van der Waals surface area contributed by atoms with E-state index in [0.717, 1.165) is 36.7 Å². The summed E-state index contributed by atoms with van der Waals surface area (Å²) in [6.45, 7) is 2.58. The minimum atomic E-state index is -0.615. The molecule has 5 heteroatoms. The molecule has 0 unspecified atom stereocenters. The minimum Gasteiger partial charge on any atom is -0.297 e. The topological polar surface area (TPSA) is 33.2 Å². The van der Waals surface area contributed by atoms with Gasteiger partial charge >= 0.3 is 0 Å². The van der Waals surface area contributed by atoms with E-state index in [9.17, 15) is 4.21 Å². The maximum atomic E-state index is 11.2. The quantitative estimate of drug-likeness (QED) is 0.736. The summed E-state index contributed by atoms with van der Waals surface area (Å²) >= 11 is 5.97. The number of hydrogen-bond donors (Lipinski definition) is 0. The molecule has 2 rings (SSSR count). The number of rotatable bonds is 2. The Morgan fingerprint density at radius 1 is 1.47 bits per heavy atom. The molecule has 0 spiro atoms. The molecule has 0 aromatic carbocycles. The van der Waals surface area contributed by atoms with Crippen molar-refractivity contribution in [3.05, 3.63) is 29.0 Å². The van der Waals surface area contributed by atoms with Crippen molar-refractivity contribution in [2.75, 3.05) is 24.6 Å². The van der Waals surface area contributed by atoms with E-state index in [2.05, 4.69) is 9.88 Å². The molecule has 1 saturated heterocycles. The Morgan fingerprint density at radius 2 is 2.20 bits per heavy atom. The molecule has 1 aromatic heterocycles. The van der Waals surface area contributed by atoms with Gasteiger partial charge in [-0.25, -0.2) is 4.98 Å². The average molecular weight is 245 g/mol. The molecule has 0 saturated carbocycles. The standard InChI is InChI=1S/C10H13ClN2OS/c11-10-9(2-1-3-12-10)8-13-4-6-15(14)7-5-13/h1-3H,4-8H2. The normalized spacial score (nSPS) is 19.3. The van der Waals surface area contributed by atoms with E-state index < -0.39 is 10.8 Å². The van der Waals surface area contributed by atoms with E-state index in [1.165, 1.54) is 0 Å². The highest BCUT2D eigenvalue weighted by atomic mass is 35.5. The van der Waals surface area contributed by atoms with Gasteiger partial charge < -0.3 is 0 Å². The Morgan fingerprint density at radius 3 is 2.87 bits per heavy atom. The third-order valence-electron chi connectivity index (χ3n) is 2.50. The van der Waals surface area contributed by atoms with Crippen LogP contribution < -0.4 is 0 Å². The summed E-state index contributed by atoms with van der Waals surface area (Å²) in [5.74, 6) is 1.55. The van der Waals surface area contributed by atoms with Crippen molar-refractivity contribution < 1.29 is 4.21 Å². The molecule has 0 amide bonds. The monoisotopic (exact) mass is 244 g/mol. The Balaban J connectivity index is 1.97. The summed E-state index contributed by atoms with van der Waals surface area (Å²) in [5.41, 5.74) is 1.05. The van der Waals surface area contributed by atoms with Crippen molar-refractivity contribution in [1.82, 2.24) is 9.88 Å². The fourth-order valence-electron chi connectivity index (χ4n) is 1.61. The first-order valence-electron chi connectivity index (χ1n) is 4.92. The first-order valence-corrected chi connectivity index (χ1v) is 6.79. The molecule has 0 atom stereocenters. The molecule has 0 radical (unpaired) electrons. The van der Waals surface area contributed by atoms with E-state index in [1.807, 2.05) is 12.1 Å². The Hall–Kier alpha value is -0.450. The lowest BCUT2D eigenvalue weighted by Crippen LogP contribution is -2.37. The van der Waals surface area contributed by atoms with Crippen molar-refractivity contribution in [1.29, 1.82) is 0 Å². The Labute approximate surface area is 96.9 Å². The molecule has 3 nitrogen and oxygen atoms in total. The number of nitrogens with zero attached hydrogens (tertiary/aromatic N) is 2. The summed E-state index contributed by atoms with van der Waals surface area (Å²) in [5, 5.41) is 0.573. The van der Waals surface area contributed by atoms with E-state index in [4.69, 9.17) is 11.6 Å². The van der Waals surface area contributed by atoms with Crippen molar-refractivity contribution >= 4 is 22.4 Å². The van der Waals surface area contributed by atoms with Gasteiger partial charge in [-0.1, -0.05) is 17.7 Å². The van der Waals surface area contributed by atoms with Gasteiger partial charge in [-0.15, -0.1) is 0 Å². The van der Waals surface area contributed by atoms with Gasteiger partial charge in [0.05, 0.1) is 0 Å². The molecule has 15 heavy (non-hydrogen) atoms. The lowest BCUT2D eigenvalue weighted by molar-refractivity contribution is 0.291. The van der Waals surface area contributed by atoms with Gasteiger partial charge in [0.2, 0.25) is 0 Å². The summed E-state index contributed by atoms with van der Waals surface area (Å²) in [4.78, 5) is 6.31. The molecule has 82 valence electrons. The molecule has 1 aromatic rings. The number of aromatic nitrogens is 1. The molecule has 1 aliphatic rings. The largest absolute Gasteiger partial charge is 0.297 e. The summed E-state index contributed by atoms with van der Waals surface area (Å²) in [6.07, 6.45) is 1.69. The maximum Gasteiger partial charge on any atom is 0.133 e. The summed E-state index contributed by atoms with van der Waals surface area (Å²) < 4.78 is 11.2. The highest BCUT2D eigenvalue weighted by molar-refractivity contribution is 7.85. The van der Waals surface area contributed by atoms with Crippen molar-refractivity contribution in [2.24, 2.45) is 0 Å². The van der Waals surface area contributed by atoms with Crippen molar-refractivity contribution in [3.8, 4) is 0 Å². The number of pyridine rings is 1. The van der Waals surface area contributed by atoms with Gasteiger partial charge in [-0.2, -0.15) is 0 Å². The zero-order chi connectivity index (χ0) is 10.7. The Kier molecular flexibility index (Phi) is 3.72. The van der Waals surface area contributed by atoms with Gasteiger partial charge in [-0.05, 0) is 6.07 Å². The highest BCUT2D eigenvalue weighted by Gasteiger charge is 2.16. The third kappa shape index (κ3) is 3.00. The van der Waals surface area contributed by atoms with E-state index in [-0.39, 0.29) is 0 Å². The molecular weight excluding hydrogens is 232 g/mol. The van der Waals surface area contributed by atoms with Crippen LogP contribution in [-0.2, 0) is 17.3 Å². The van der Waals surface area contributed by atoms with Crippen LogP contribution in [0.2, 0.25) is 5.15 Å². The second kappa shape index (κ2) is 5.05. The molecule has 1 fully saturated rings. The first kappa shape index (κ1) is 11.0. The minimum absolute atomic E-state index is 0.573. The predicted octanol–water partition coefficient (Wildman–Crippen LogP) is 1.30. The number of hydrogen-bond acceptors (Lipinski definition) is 3. The molecule has 1 aliphatic heterocycles. The van der Waals surface area contributed by atoms with Crippen molar-refractivity contribution in [3.63, 3.8) is 0 Å². The zero-order valence-electron chi connectivity index (χ0n) is 8.36. The average Bonchev–Trinajstić information content (AvgIpc) is 2.25. The van der Waals surface area contributed by atoms with Crippen LogP contribution in [0.25, 0.3) is 0 Å². The zero-order valence-corrected chi connectivity index (χ0v) is 9.93. The van der Waals surface area contributed by atoms with E-state index in [1.54, 1.807) is 6.20 Å². The smallest absolute Gasteiger partial charge is 0.133 e. The molecule has 0 bridgehead atoms. The first-order chi connectivity index (χ1) is 7.25. The van der Waals surface area contributed by atoms with Crippen LogP contribution in [0.4, 0.5) is 0 Å². The summed E-state index contributed by atoms with van der Waals surface area (Å²) in [7, 11) is -0.615. The lowest BCUT2D eigenvalue weighted by atomic mass is 10.2. The van der Waals surface area contributed by atoms with Gasteiger partial charge in [0.1, 0.15) is 5.15 Å². The van der Waals surface area contributed by atoms with Crippen LogP contribution in [-0.4, -0.2) is 38.7 Å². The lowest BCUT2D eigenvalue weighted by Gasteiger charge is -2.26. The van der Waals surface area contributed by atoms with Crippen LogP contribution in [0.5, 0.6) is 0 Å². The van der Waals surface area contributed by atoms with Crippen LogP contribution in [0.15, 0.2) is 18.3 Å². The van der Waals surface area contributed by atoms with Gasteiger partial charge in [0.15, 0.2) is 0 Å². The second-order valence-corrected chi connectivity index (χ2v) is 5.63. The van der Waals surface area contributed by atoms with E-state index >= 15 is 0 Å². The van der Waals surface area contributed by atoms with Gasteiger partial charge in [0, 0.05) is 53.7 Å². The SMILES string of the molecule is O=S1CCN(Cc2cccnc2Cl)CC1. The second-order valence-electron chi connectivity index (χ2n) is 3.58. The van der Waals surface area contributed by atoms with Crippen LogP contribution >= 0.6 is 11.6 Å². The van der Waals surface area contributed by atoms with Crippen LogP contribution in [0, 0.1) is 0 Å². The molecule has 0 N–H and O–H groups in total.